The van der Waals surface area contributed by atoms with Crippen molar-refractivity contribution in [2.75, 3.05) is 33.7 Å². The molecule has 1 unspecified atom stereocenters. The Labute approximate surface area is 141 Å². The Morgan fingerprint density at radius 1 is 1.38 bits per heavy atom. The summed E-state index contributed by atoms with van der Waals surface area (Å²) in [6, 6.07) is 6.36. The van der Waals surface area contributed by atoms with Gasteiger partial charge < -0.3 is 14.9 Å². The summed E-state index contributed by atoms with van der Waals surface area (Å²) < 4.78 is 0.939. The molecule has 0 bridgehead atoms. The van der Waals surface area contributed by atoms with Gasteiger partial charge in [0.1, 0.15) is 0 Å². The van der Waals surface area contributed by atoms with E-state index in [0.29, 0.717) is 11.1 Å². The van der Waals surface area contributed by atoms with Crippen LogP contribution in [-0.2, 0) is 0 Å². The molecule has 118 valence electrons. The molecule has 3 nitrogen and oxygen atoms in total. The third-order valence-electron chi connectivity index (χ3n) is 4.33. The van der Waals surface area contributed by atoms with E-state index in [-0.39, 0.29) is 0 Å². The number of benzene rings is 1. The number of likely N-dealkylation sites (tertiary alicyclic amines) is 1. The van der Waals surface area contributed by atoms with Crippen molar-refractivity contribution in [3.8, 4) is 0 Å². The number of nitrogens with zero attached hydrogens (tertiary/aromatic N) is 2. The summed E-state index contributed by atoms with van der Waals surface area (Å²) in [4.78, 5) is 4.75. The minimum atomic E-state index is -0.489. The third kappa shape index (κ3) is 4.93. The van der Waals surface area contributed by atoms with Crippen molar-refractivity contribution in [3.63, 3.8) is 0 Å². The van der Waals surface area contributed by atoms with Gasteiger partial charge in [-0.15, -0.1) is 0 Å². The molecule has 1 saturated heterocycles. The van der Waals surface area contributed by atoms with Crippen molar-refractivity contribution >= 4 is 27.5 Å². The molecule has 0 spiro atoms. The molecule has 1 heterocycles. The maximum absolute atomic E-state index is 10.3. The van der Waals surface area contributed by atoms with Crippen molar-refractivity contribution in [2.24, 2.45) is 0 Å². The summed E-state index contributed by atoms with van der Waals surface area (Å²) in [5.41, 5.74) is 0.822. The van der Waals surface area contributed by atoms with E-state index in [0.717, 1.165) is 36.1 Å². The minimum absolute atomic E-state index is 0.489. The van der Waals surface area contributed by atoms with Gasteiger partial charge in [0.25, 0.3) is 0 Å². The normalized spacial score (nSPS) is 19.1. The van der Waals surface area contributed by atoms with E-state index in [9.17, 15) is 5.11 Å². The topological polar surface area (TPSA) is 26.7 Å². The van der Waals surface area contributed by atoms with Crippen LogP contribution in [-0.4, -0.2) is 54.7 Å². The first-order valence-electron chi connectivity index (χ1n) is 7.49. The molecule has 1 fully saturated rings. The lowest BCUT2D eigenvalue weighted by atomic mass is 10.0. The van der Waals surface area contributed by atoms with E-state index >= 15 is 0 Å². The third-order valence-corrected chi connectivity index (χ3v) is 5.15. The fraction of sp³-hybridized carbons (Fsp3) is 0.625. The molecule has 0 amide bonds. The number of aliphatic hydroxyl groups is 1. The summed E-state index contributed by atoms with van der Waals surface area (Å²) >= 11 is 9.58. The van der Waals surface area contributed by atoms with Gasteiger partial charge in [0, 0.05) is 22.1 Å². The number of halogens is 2. The summed E-state index contributed by atoms with van der Waals surface area (Å²) in [7, 11) is 4.30. The molecule has 0 aromatic heterocycles. The smallest absolute Gasteiger partial charge is 0.0816 e. The zero-order chi connectivity index (χ0) is 15.4. The highest BCUT2D eigenvalue weighted by Crippen LogP contribution is 2.28. The molecule has 2 rings (SSSR count). The summed E-state index contributed by atoms with van der Waals surface area (Å²) in [5, 5.41) is 11.0. The molecule has 21 heavy (non-hydrogen) atoms. The molecule has 0 saturated carbocycles. The number of aliphatic hydroxyl groups excluding tert-OH is 1. The van der Waals surface area contributed by atoms with Crippen LogP contribution in [0.5, 0.6) is 0 Å². The van der Waals surface area contributed by atoms with Crippen LogP contribution < -0.4 is 0 Å². The summed E-state index contributed by atoms with van der Waals surface area (Å²) in [6.07, 6.45) is 2.66. The monoisotopic (exact) mass is 374 g/mol. The van der Waals surface area contributed by atoms with Gasteiger partial charge in [-0.2, -0.15) is 0 Å². The number of hydrogen-bond donors (Lipinski definition) is 1. The van der Waals surface area contributed by atoms with E-state index in [1.54, 1.807) is 0 Å². The van der Waals surface area contributed by atoms with Crippen LogP contribution in [0.4, 0.5) is 0 Å². The first kappa shape index (κ1) is 17.2. The lowest BCUT2D eigenvalue weighted by Crippen LogP contribution is -2.42. The predicted octanol–water partition coefficient (Wildman–Crippen LogP) is 3.55. The first-order valence-corrected chi connectivity index (χ1v) is 8.66. The average Bonchev–Trinajstić information content (AvgIpc) is 2.45. The van der Waals surface area contributed by atoms with E-state index in [4.69, 9.17) is 11.6 Å². The van der Waals surface area contributed by atoms with Crippen molar-refractivity contribution < 1.29 is 5.11 Å². The Morgan fingerprint density at radius 2 is 2.05 bits per heavy atom. The maximum atomic E-state index is 10.3. The Bertz CT molecular complexity index is 462. The molecular formula is C16H24BrClN2O. The first-order chi connectivity index (χ1) is 9.97. The Morgan fingerprint density at radius 3 is 2.62 bits per heavy atom. The maximum Gasteiger partial charge on any atom is 0.0816 e. The molecular weight excluding hydrogens is 352 g/mol. The van der Waals surface area contributed by atoms with E-state index < -0.39 is 6.10 Å². The second kappa shape index (κ2) is 7.93. The van der Waals surface area contributed by atoms with Crippen LogP contribution in [0.1, 0.15) is 30.9 Å². The molecule has 1 aliphatic heterocycles. The van der Waals surface area contributed by atoms with Crippen molar-refractivity contribution in [1.29, 1.82) is 0 Å². The quantitative estimate of drug-likeness (QED) is 0.852. The Hall–Kier alpha value is -0.130. The lowest BCUT2D eigenvalue weighted by molar-refractivity contribution is 0.110. The van der Waals surface area contributed by atoms with Gasteiger partial charge in [0.15, 0.2) is 0 Å². The van der Waals surface area contributed by atoms with Crippen LogP contribution in [0, 0.1) is 0 Å². The Kier molecular flexibility index (Phi) is 6.51. The Balaban J connectivity index is 1.81. The van der Waals surface area contributed by atoms with Gasteiger partial charge >= 0.3 is 0 Å². The van der Waals surface area contributed by atoms with Crippen molar-refractivity contribution in [2.45, 2.75) is 31.4 Å². The van der Waals surface area contributed by atoms with Gasteiger partial charge in [0.2, 0.25) is 0 Å². The zero-order valence-corrected chi connectivity index (χ0v) is 15.1. The summed E-state index contributed by atoms with van der Waals surface area (Å²) in [5.74, 6) is 0. The largest absolute Gasteiger partial charge is 0.388 e. The highest BCUT2D eigenvalue weighted by molar-refractivity contribution is 9.10. The predicted molar refractivity (Wildman–Crippen MR) is 91.9 cm³/mol. The minimum Gasteiger partial charge on any atom is -0.388 e. The van der Waals surface area contributed by atoms with Gasteiger partial charge in [-0.25, -0.2) is 0 Å². The lowest BCUT2D eigenvalue weighted by Gasteiger charge is -2.35. The van der Waals surface area contributed by atoms with Gasteiger partial charge in [-0.05, 0) is 64.1 Å². The molecule has 1 aliphatic rings. The van der Waals surface area contributed by atoms with Gasteiger partial charge in [-0.3, -0.25) is 0 Å². The van der Waals surface area contributed by atoms with Crippen LogP contribution >= 0.6 is 27.5 Å². The molecule has 1 N–H and O–H groups in total. The standard InChI is InChI=1S/C16H24BrClN2O/c1-19(2)13-5-8-20(9-6-13)10-7-16(21)14-4-3-12(17)11-15(14)18/h3-4,11,13,16,21H,5-10H2,1-2H3. The molecule has 1 atom stereocenters. The second-order valence-electron chi connectivity index (χ2n) is 6.01. The van der Waals surface area contributed by atoms with E-state index in [1.807, 2.05) is 18.2 Å². The second-order valence-corrected chi connectivity index (χ2v) is 7.33. The number of piperidine rings is 1. The van der Waals surface area contributed by atoms with Crippen LogP contribution in [0.25, 0.3) is 0 Å². The van der Waals surface area contributed by atoms with Gasteiger partial charge in [0.05, 0.1) is 6.10 Å². The molecule has 0 aliphatic carbocycles. The van der Waals surface area contributed by atoms with Crippen LogP contribution in [0.3, 0.4) is 0 Å². The zero-order valence-electron chi connectivity index (χ0n) is 12.7. The summed E-state index contributed by atoms with van der Waals surface area (Å²) in [6.45, 7) is 3.15. The van der Waals surface area contributed by atoms with E-state index in [1.165, 1.54) is 12.8 Å². The SMILES string of the molecule is CN(C)C1CCN(CCC(O)c2ccc(Br)cc2Cl)CC1. The fourth-order valence-corrected chi connectivity index (χ4v) is 3.69. The molecule has 0 radical (unpaired) electrons. The van der Waals surface area contributed by atoms with E-state index in [2.05, 4.69) is 39.8 Å². The van der Waals surface area contributed by atoms with Crippen LogP contribution in [0.2, 0.25) is 5.02 Å². The average molecular weight is 376 g/mol. The molecule has 1 aromatic rings. The number of rotatable bonds is 5. The molecule has 1 aromatic carbocycles. The fourth-order valence-electron chi connectivity index (χ4n) is 2.89. The highest BCUT2D eigenvalue weighted by Gasteiger charge is 2.21. The van der Waals surface area contributed by atoms with Crippen molar-refractivity contribution in [3.05, 3.63) is 33.3 Å². The highest BCUT2D eigenvalue weighted by atomic mass is 79.9. The number of hydrogen-bond acceptors (Lipinski definition) is 3. The van der Waals surface area contributed by atoms with Gasteiger partial charge in [-0.1, -0.05) is 33.6 Å². The molecule has 5 heteroatoms. The van der Waals surface area contributed by atoms with Crippen LogP contribution in [0.15, 0.2) is 22.7 Å². The van der Waals surface area contributed by atoms with Crippen molar-refractivity contribution in [1.82, 2.24) is 9.80 Å².